The first kappa shape index (κ1) is 17.8. The van der Waals surface area contributed by atoms with Crippen molar-refractivity contribution in [2.45, 2.75) is 27.2 Å². The molecule has 0 unspecified atom stereocenters. The first-order valence-corrected chi connectivity index (χ1v) is 8.51. The van der Waals surface area contributed by atoms with Gasteiger partial charge in [0.2, 0.25) is 18.6 Å². The molecule has 3 rings (SSSR count). The molecular weight excluding hydrogens is 332 g/mol. The number of hydrogen-bond donors (Lipinski definition) is 2. The molecule has 6 nitrogen and oxygen atoms in total. The molecule has 1 aliphatic rings. The van der Waals surface area contributed by atoms with E-state index in [1.165, 1.54) is 5.56 Å². The van der Waals surface area contributed by atoms with Gasteiger partial charge in [0.05, 0.1) is 0 Å². The van der Waals surface area contributed by atoms with Gasteiger partial charge in [0.15, 0.2) is 11.5 Å². The average molecular weight is 354 g/mol. The van der Waals surface area contributed by atoms with Crippen LogP contribution in [0.3, 0.4) is 0 Å². The van der Waals surface area contributed by atoms with Crippen molar-refractivity contribution in [1.29, 1.82) is 0 Å². The topological polar surface area (TPSA) is 76.7 Å². The van der Waals surface area contributed by atoms with E-state index in [2.05, 4.69) is 17.6 Å². The summed E-state index contributed by atoms with van der Waals surface area (Å²) in [4.78, 5) is 25.2. The molecule has 2 amide bonds. The normalized spacial score (nSPS) is 12.6. The number of amides is 2. The summed E-state index contributed by atoms with van der Waals surface area (Å²) in [6, 6.07) is 12.7. The number of aryl methyl sites for hydroxylation is 1. The number of carbonyl (C=O) groups excluding carboxylic acids is 2. The maximum Gasteiger partial charge on any atom is 0.239 e. The van der Waals surface area contributed by atoms with Crippen LogP contribution in [0.5, 0.6) is 11.5 Å². The molecule has 26 heavy (non-hydrogen) atoms. The first-order valence-electron chi connectivity index (χ1n) is 8.51. The van der Waals surface area contributed by atoms with Crippen LogP contribution in [-0.4, -0.2) is 18.6 Å². The monoisotopic (exact) mass is 354 g/mol. The fourth-order valence-electron chi connectivity index (χ4n) is 2.48. The average Bonchev–Trinajstić information content (AvgIpc) is 3.10. The predicted molar refractivity (Wildman–Crippen MR) is 99.4 cm³/mol. The fraction of sp³-hybridized carbons (Fsp3) is 0.300. The summed E-state index contributed by atoms with van der Waals surface area (Å²) in [5.41, 5.74) is 1.14. The van der Waals surface area contributed by atoms with Gasteiger partial charge in [-0.1, -0.05) is 19.1 Å². The van der Waals surface area contributed by atoms with Gasteiger partial charge in [-0.2, -0.15) is 0 Å². The Labute approximate surface area is 152 Å². The molecule has 2 aromatic carbocycles. The fourth-order valence-corrected chi connectivity index (χ4v) is 2.48. The zero-order valence-corrected chi connectivity index (χ0v) is 15.1. The summed E-state index contributed by atoms with van der Waals surface area (Å²) < 4.78 is 10.5. The quantitative estimate of drug-likeness (QED) is 0.805. The van der Waals surface area contributed by atoms with Crippen LogP contribution < -0.4 is 20.1 Å². The second kappa shape index (κ2) is 7.07. The second-order valence-electron chi connectivity index (χ2n) is 6.65. The van der Waals surface area contributed by atoms with Gasteiger partial charge < -0.3 is 20.1 Å². The van der Waals surface area contributed by atoms with Gasteiger partial charge >= 0.3 is 0 Å². The SMILES string of the molecule is CCc1ccc(NC(=O)C(C)(C)C(=O)Nc2ccc3c(c2)OCO3)cc1. The van der Waals surface area contributed by atoms with Crippen molar-refractivity contribution in [2.24, 2.45) is 5.41 Å². The molecule has 0 saturated heterocycles. The summed E-state index contributed by atoms with van der Waals surface area (Å²) in [5.74, 6) is 0.427. The van der Waals surface area contributed by atoms with Crippen LogP contribution in [0.2, 0.25) is 0 Å². The second-order valence-corrected chi connectivity index (χ2v) is 6.65. The number of benzene rings is 2. The van der Waals surface area contributed by atoms with Gasteiger partial charge in [-0.15, -0.1) is 0 Å². The maximum atomic E-state index is 12.6. The summed E-state index contributed by atoms with van der Waals surface area (Å²) in [7, 11) is 0. The Balaban J connectivity index is 1.67. The highest BCUT2D eigenvalue weighted by Gasteiger charge is 2.36. The minimum Gasteiger partial charge on any atom is -0.454 e. The minimum absolute atomic E-state index is 0.164. The molecule has 0 saturated carbocycles. The van der Waals surface area contributed by atoms with Crippen molar-refractivity contribution >= 4 is 23.2 Å². The molecule has 0 fully saturated rings. The number of rotatable bonds is 5. The third-order valence-corrected chi connectivity index (χ3v) is 4.39. The molecule has 2 N–H and O–H groups in total. The Bertz CT molecular complexity index is 828. The van der Waals surface area contributed by atoms with Crippen molar-refractivity contribution in [3.05, 3.63) is 48.0 Å². The van der Waals surface area contributed by atoms with Gasteiger partial charge in [0.1, 0.15) is 5.41 Å². The zero-order valence-electron chi connectivity index (χ0n) is 15.1. The molecule has 1 aliphatic heterocycles. The van der Waals surface area contributed by atoms with E-state index in [-0.39, 0.29) is 12.7 Å². The highest BCUT2D eigenvalue weighted by molar-refractivity contribution is 6.14. The van der Waals surface area contributed by atoms with Crippen LogP contribution in [0.25, 0.3) is 0 Å². The lowest BCUT2D eigenvalue weighted by molar-refractivity contribution is -0.135. The number of ether oxygens (including phenoxy) is 2. The van der Waals surface area contributed by atoms with E-state index in [1.807, 2.05) is 24.3 Å². The lowest BCUT2D eigenvalue weighted by atomic mass is 9.90. The summed E-state index contributed by atoms with van der Waals surface area (Å²) in [5, 5.41) is 5.56. The third kappa shape index (κ3) is 3.64. The Hall–Kier alpha value is -3.02. The standard InChI is InChI=1S/C20H22N2O4/c1-4-13-5-7-14(8-6-13)21-18(23)20(2,3)19(24)22-15-9-10-16-17(11-15)26-12-25-16/h5-11H,4,12H2,1-3H3,(H,21,23)(H,22,24). The molecule has 6 heteroatoms. The third-order valence-electron chi connectivity index (χ3n) is 4.39. The number of fused-ring (bicyclic) bond motifs is 1. The molecule has 0 bridgehead atoms. The van der Waals surface area contributed by atoms with E-state index in [9.17, 15) is 9.59 Å². The number of carbonyl (C=O) groups is 2. The number of anilines is 2. The van der Waals surface area contributed by atoms with E-state index in [0.717, 1.165) is 6.42 Å². The summed E-state index contributed by atoms with van der Waals surface area (Å²) >= 11 is 0. The van der Waals surface area contributed by atoms with Gasteiger partial charge in [0.25, 0.3) is 0 Å². The molecule has 0 aromatic heterocycles. The number of nitrogens with one attached hydrogen (secondary N) is 2. The summed E-state index contributed by atoms with van der Waals surface area (Å²) in [6.07, 6.45) is 0.928. The van der Waals surface area contributed by atoms with E-state index < -0.39 is 11.3 Å². The minimum atomic E-state index is -1.25. The van der Waals surface area contributed by atoms with Gasteiger partial charge in [0, 0.05) is 17.4 Å². The van der Waals surface area contributed by atoms with Gasteiger partial charge in [-0.25, -0.2) is 0 Å². The van der Waals surface area contributed by atoms with Gasteiger partial charge in [-0.3, -0.25) is 9.59 Å². The molecular formula is C20H22N2O4. The van der Waals surface area contributed by atoms with E-state index >= 15 is 0 Å². The Morgan fingerprint density at radius 1 is 0.923 bits per heavy atom. The highest BCUT2D eigenvalue weighted by atomic mass is 16.7. The van der Waals surface area contributed by atoms with Crippen molar-refractivity contribution in [2.75, 3.05) is 17.4 Å². The molecule has 0 aliphatic carbocycles. The Morgan fingerprint density at radius 2 is 1.50 bits per heavy atom. The van der Waals surface area contributed by atoms with E-state index in [1.54, 1.807) is 32.0 Å². The molecule has 0 radical (unpaired) electrons. The largest absolute Gasteiger partial charge is 0.454 e. The highest BCUT2D eigenvalue weighted by Crippen LogP contribution is 2.34. The maximum absolute atomic E-state index is 12.6. The molecule has 136 valence electrons. The van der Waals surface area contributed by atoms with Crippen molar-refractivity contribution in [3.8, 4) is 11.5 Å². The lowest BCUT2D eigenvalue weighted by Crippen LogP contribution is -2.41. The number of hydrogen-bond acceptors (Lipinski definition) is 4. The van der Waals surface area contributed by atoms with Gasteiger partial charge in [-0.05, 0) is 50.1 Å². The van der Waals surface area contributed by atoms with Crippen LogP contribution >= 0.6 is 0 Å². The van der Waals surface area contributed by atoms with Crippen molar-refractivity contribution < 1.29 is 19.1 Å². The van der Waals surface area contributed by atoms with Crippen molar-refractivity contribution in [3.63, 3.8) is 0 Å². The van der Waals surface area contributed by atoms with Crippen LogP contribution in [0.15, 0.2) is 42.5 Å². The van der Waals surface area contributed by atoms with Crippen molar-refractivity contribution in [1.82, 2.24) is 0 Å². The molecule has 1 heterocycles. The van der Waals surface area contributed by atoms with Crippen LogP contribution in [0.4, 0.5) is 11.4 Å². The smallest absolute Gasteiger partial charge is 0.239 e. The van der Waals surface area contributed by atoms with Crippen LogP contribution in [-0.2, 0) is 16.0 Å². The Morgan fingerprint density at radius 3 is 2.15 bits per heavy atom. The first-order chi connectivity index (χ1) is 12.4. The molecule has 0 atom stereocenters. The van der Waals surface area contributed by atoms with E-state index in [0.29, 0.717) is 22.9 Å². The van der Waals surface area contributed by atoms with Crippen LogP contribution in [0.1, 0.15) is 26.3 Å². The zero-order chi connectivity index (χ0) is 18.7. The summed E-state index contributed by atoms with van der Waals surface area (Å²) in [6.45, 7) is 5.41. The van der Waals surface area contributed by atoms with Crippen LogP contribution in [0, 0.1) is 5.41 Å². The lowest BCUT2D eigenvalue weighted by Gasteiger charge is -2.23. The Kier molecular flexibility index (Phi) is 4.84. The molecule has 0 spiro atoms. The molecule has 2 aromatic rings. The predicted octanol–water partition coefficient (Wildman–Crippen LogP) is 3.58. The van der Waals surface area contributed by atoms with E-state index in [4.69, 9.17) is 9.47 Å².